The third-order valence-electron chi connectivity index (χ3n) is 7.85. The van der Waals surface area contributed by atoms with Gasteiger partial charge >= 0.3 is 5.97 Å². The summed E-state index contributed by atoms with van der Waals surface area (Å²) in [6, 6.07) is 18.1. The number of hydrogen-bond donors (Lipinski definition) is 3. The van der Waals surface area contributed by atoms with Crippen LogP contribution in [-0.4, -0.2) is 78.1 Å². The highest BCUT2D eigenvalue weighted by Crippen LogP contribution is 2.28. The normalized spacial score (nSPS) is 16.2. The first-order chi connectivity index (χ1) is 21.1. The number of likely N-dealkylation sites (tertiary alicyclic amines) is 1. The average molecular weight is 604 g/mol. The van der Waals surface area contributed by atoms with Gasteiger partial charge in [-0.2, -0.15) is 0 Å². The number of anilines is 1. The number of rotatable bonds is 13. The molecule has 3 amide bonds. The number of amides is 3. The standard InChI is InChI=1S/C33H41N5O6/c1-33(2,34-3)32(42)36-26(22-44-21-23-12-7-5-8-13-23)29(39)35-25-17-19-37(20-25)28(24-14-9-6-10-15-24)30(40)38-18-11-16-27(38)31(41)43-4/h5-10,12-15,17,19-20,26-28,34H,11,16,18,21-22H2,1-4H3,(H,35,39)(H,36,42)/t26?,27-,28?/m0/s1. The molecule has 11 nitrogen and oxygen atoms in total. The van der Waals surface area contributed by atoms with Gasteiger partial charge in [0.05, 0.1) is 31.5 Å². The molecular weight excluding hydrogens is 562 g/mol. The molecule has 0 spiro atoms. The highest BCUT2D eigenvalue weighted by Gasteiger charge is 2.39. The maximum absolute atomic E-state index is 13.9. The number of carbonyl (C=O) groups is 4. The number of likely N-dealkylation sites (N-methyl/N-ethyl adjacent to an activating group) is 1. The van der Waals surface area contributed by atoms with E-state index in [1.54, 1.807) is 48.8 Å². The number of methoxy groups -OCH3 is 1. The van der Waals surface area contributed by atoms with E-state index in [0.717, 1.165) is 11.1 Å². The van der Waals surface area contributed by atoms with Crippen LogP contribution >= 0.6 is 0 Å². The van der Waals surface area contributed by atoms with Gasteiger partial charge in [0.25, 0.3) is 5.91 Å². The van der Waals surface area contributed by atoms with E-state index in [-0.39, 0.29) is 25.0 Å². The molecule has 1 aromatic heterocycles. The second-order valence-electron chi connectivity index (χ2n) is 11.3. The van der Waals surface area contributed by atoms with Crippen molar-refractivity contribution in [3.05, 3.63) is 90.3 Å². The van der Waals surface area contributed by atoms with E-state index in [2.05, 4.69) is 16.0 Å². The molecule has 2 heterocycles. The summed E-state index contributed by atoms with van der Waals surface area (Å²) < 4.78 is 12.5. The van der Waals surface area contributed by atoms with Crippen molar-refractivity contribution in [3.63, 3.8) is 0 Å². The summed E-state index contributed by atoms with van der Waals surface area (Å²) in [5.74, 6) is -1.51. The minimum atomic E-state index is -0.987. The van der Waals surface area contributed by atoms with Crippen LogP contribution in [-0.2, 0) is 35.3 Å². The zero-order valence-corrected chi connectivity index (χ0v) is 25.6. The van der Waals surface area contributed by atoms with Gasteiger partial charge in [-0.25, -0.2) is 4.79 Å². The third kappa shape index (κ3) is 7.91. The van der Waals surface area contributed by atoms with Gasteiger partial charge in [-0.3, -0.25) is 14.4 Å². The van der Waals surface area contributed by atoms with Gasteiger partial charge in [-0.1, -0.05) is 60.7 Å². The van der Waals surface area contributed by atoms with Gasteiger partial charge in [0.15, 0.2) is 0 Å². The van der Waals surface area contributed by atoms with E-state index in [4.69, 9.17) is 9.47 Å². The van der Waals surface area contributed by atoms with Crippen LogP contribution in [0.5, 0.6) is 0 Å². The van der Waals surface area contributed by atoms with Gasteiger partial charge < -0.3 is 34.9 Å². The molecule has 4 rings (SSSR count). The van der Waals surface area contributed by atoms with Crippen molar-refractivity contribution in [3.8, 4) is 0 Å². The molecule has 3 aromatic rings. The molecule has 0 saturated carbocycles. The first-order valence-electron chi connectivity index (χ1n) is 14.7. The Kier molecular flexibility index (Phi) is 10.9. The minimum Gasteiger partial charge on any atom is -0.467 e. The summed E-state index contributed by atoms with van der Waals surface area (Å²) in [6.07, 6.45) is 4.61. The van der Waals surface area contributed by atoms with E-state index in [1.165, 1.54) is 7.11 Å². The first-order valence-corrected chi connectivity index (χ1v) is 14.7. The number of carbonyl (C=O) groups excluding carboxylic acids is 4. The maximum atomic E-state index is 13.9. The molecule has 1 fully saturated rings. The highest BCUT2D eigenvalue weighted by molar-refractivity contribution is 5.98. The molecule has 1 saturated heterocycles. The Hall–Kier alpha value is -4.48. The number of nitrogens with zero attached hydrogens (tertiary/aromatic N) is 2. The smallest absolute Gasteiger partial charge is 0.328 e. The average Bonchev–Trinajstić information content (AvgIpc) is 3.71. The Balaban J connectivity index is 1.53. The Morgan fingerprint density at radius 3 is 2.34 bits per heavy atom. The van der Waals surface area contributed by atoms with Crippen LogP contribution in [0.3, 0.4) is 0 Å². The number of nitrogens with one attached hydrogen (secondary N) is 3. The molecule has 0 radical (unpaired) electrons. The highest BCUT2D eigenvalue weighted by atomic mass is 16.5. The third-order valence-corrected chi connectivity index (χ3v) is 7.85. The number of esters is 1. The first kappa shape index (κ1) is 32.4. The van der Waals surface area contributed by atoms with Gasteiger partial charge in [-0.05, 0) is 50.9 Å². The zero-order valence-electron chi connectivity index (χ0n) is 25.6. The van der Waals surface area contributed by atoms with Gasteiger partial charge in [0, 0.05) is 18.9 Å². The number of aromatic nitrogens is 1. The van der Waals surface area contributed by atoms with Gasteiger partial charge in [0.1, 0.15) is 18.1 Å². The Labute approximate surface area is 257 Å². The lowest BCUT2D eigenvalue weighted by molar-refractivity contribution is -0.151. The zero-order chi connectivity index (χ0) is 31.7. The summed E-state index contributed by atoms with van der Waals surface area (Å²) >= 11 is 0. The van der Waals surface area contributed by atoms with E-state index >= 15 is 0 Å². The Morgan fingerprint density at radius 2 is 1.68 bits per heavy atom. The molecule has 2 unspecified atom stereocenters. The fraction of sp³-hybridized carbons (Fsp3) is 0.394. The molecule has 3 atom stereocenters. The van der Waals surface area contributed by atoms with Crippen LogP contribution in [0.2, 0.25) is 0 Å². The molecule has 0 bridgehead atoms. The number of benzene rings is 2. The predicted octanol–water partition coefficient (Wildman–Crippen LogP) is 2.88. The lowest BCUT2D eigenvalue weighted by Crippen LogP contribution is -2.57. The Bertz CT molecular complexity index is 1420. The van der Waals surface area contributed by atoms with Crippen molar-refractivity contribution in [1.29, 1.82) is 0 Å². The molecule has 11 heteroatoms. The van der Waals surface area contributed by atoms with Crippen molar-refractivity contribution in [2.24, 2.45) is 0 Å². The SMILES string of the molecule is CNC(C)(C)C(=O)NC(COCc1ccccc1)C(=O)Nc1ccn(C(C(=O)N2CCC[C@H]2C(=O)OC)c2ccccc2)c1. The van der Waals surface area contributed by atoms with E-state index in [9.17, 15) is 19.2 Å². The van der Waals surface area contributed by atoms with E-state index in [1.807, 2.05) is 60.7 Å². The van der Waals surface area contributed by atoms with Crippen LogP contribution in [0.4, 0.5) is 5.69 Å². The fourth-order valence-electron chi connectivity index (χ4n) is 5.03. The molecule has 1 aliphatic rings. The maximum Gasteiger partial charge on any atom is 0.328 e. The van der Waals surface area contributed by atoms with Crippen molar-refractivity contribution < 1.29 is 28.7 Å². The molecule has 44 heavy (non-hydrogen) atoms. The van der Waals surface area contributed by atoms with Crippen molar-refractivity contribution in [2.45, 2.75) is 57.0 Å². The lowest BCUT2D eigenvalue weighted by Gasteiger charge is -2.28. The Morgan fingerprint density at radius 1 is 1.00 bits per heavy atom. The summed E-state index contributed by atoms with van der Waals surface area (Å²) in [5, 5.41) is 8.60. The summed E-state index contributed by atoms with van der Waals surface area (Å²) in [5.41, 5.74) is 1.19. The van der Waals surface area contributed by atoms with Crippen LogP contribution in [0.25, 0.3) is 0 Å². The summed E-state index contributed by atoms with van der Waals surface area (Å²) in [4.78, 5) is 54.4. The molecule has 3 N–H and O–H groups in total. The van der Waals surface area contributed by atoms with Crippen LogP contribution in [0.15, 0.2) is 79.1 Å². The van der Waals surface area contributed by atoms with Crippen molar-refractivity contribution in [2.75, 3.05) is 32.6 Å². The van der Waals surface area contributed by atoms with Crippen LogP contribution < -0.4 is 16.0 Å². The molecular formula is C33H41N5O6. The van der Waals surface area contributed by atoms with Gasteiger partial charge in [0.2, 0.25) is 11.8 Å². The monoisotopic (exact) mass is 603 g/mol. The second kappa shape index (κ2) is 14.8. The second-order valence-corrected chi connectivity index (χ2v) is 11.3. The minimum absolute atomic E-state index is 0.0536. The lowest BCUT2D eigenvalue weighted by atomic mass is 10.0. The summed E-state index contributed by atoms with van der Waals surface area (Å²) in [7, 11) is 2.99. The molecule has 0 aliphatic carbocycles. The quantitative estimate of drug-likeness (QED) is 0.256. The van der Waals surface area contributed by atoms with Crippen LogP contribution in [0.1, 0.15) is 43.9 Å². The molecule has 234 valence electrons. The topological polar surface area (TPSA) is 131 Å². The van der Waals surface area contributed by atoms with E-state index in [0.29, 0.717) is 25.1 Å². The molecule has 1 aliphatic heterocycles. The van der Waals surface area contributed by atoms with Crippen molar-refractivity contribution >= 4 is 29.4 Å². The van der Waals surface area contributed by atoms with Crippen molar-refractivity contribution in [1.82, 2.24) is 20.1 Å². The molecule has 2 aromatic carbocycles. The predicted molar refractivity (Wildman–Crippen MR) is 166 cm³/mol. The number of hydrogen-bond acceptors (Lipinski definition) is 7. The van der Waals surface area contributed by atoms with E-state index < -0.39 is 35.5 Å². The van der Waals surface area contributed by atoms with Crippen LogP contribution in [0, 0.1) is 0 Å². The fourth-order valence-corrected chi connectivity index (χ4v) is 5.03. The number of ether oxygens (including phenoxy) is 2. The van der Waals surface area contributed by atoms with Gasteiger partial charge in [-0.15, -0.1) is 0 Å². The largest absolute Gasteiger partial charge is 0.467 e. The summed E-state index contributed by atoms with van der Waals surface area (Å²) in [6.45, 7) is 4.10.